The molecule has 2 aliphatic heterocycles. The molecule has 0 aromatic rings. The van der Waals surface area contributed by atoms with Crippen molar-refractivity contribution in [1.82, 2.24) is 25.3 Å². The predicted octanol–water partition coefficient (Wildman–Crippen LogP) is 1.42. The topological polar surface area (TPSA) is 72.4 Å². The van der Waals surface area contributed by atoms with Crippen molar-refractivity contribution >= 4 is 36.0 Å². The fourth-order valence-corrected chi connectivity index (χ4v) is 3.56. The van der Waals surface area contributed by atoms with E-state index in [1.165, 1.54) is 13.0 Å². The Morgan fingerprint density at radius 2 is 1.86 bits per heavy atom. The first-order valence-electron chi connectivity index (χ1n) is 10.5. The molecule has 9 heteroatoms. The third-order valence-corrected chi connectivity index (χ3v) is 5.20. The highest BCUT2D eigenvalue weighted by atomic mass is 127. The molecule has 8 nitrogen and oxygen atoms in total. The summed E-state index contributed by atoms with van der Waals surface area (Å²) in [6, 6.07) is 0.348. The van der Waals surface area contributed by atoms with Crippen LogP contribution in [0, 0.1) is 0 Å². The normalized spacial score (nSPS) is 20.2. The van der Waals surface area contributed by atoms with Gasteiger partial charge in [-0.1, -0.05) is 0 Å². The van der Waals surface area contributed by atoms with Crippen LogP contribution in [-0.4, -0.2) is 105 Å². The number of hydrogen-bond acceptors (Lipinski definition) is 5. The zero-order valence-electron chi connectivity index (χ0n) is 17.8. The summed E-state index contributed by atoms with van der Waals surface area (Å²) in [5, 5.41) is 6.89. The molecule has 2 fully saturated rings. The van der Waals surface area contributed by atoms with E-state index in [4.69, 9.17) is 9.73 Å². The van der Waals surface area contributed by atoms with E-state index in [1.807, 2.05) is 6.92 Å². The molecule has 1 amide bonds. The Balaban J connectivity index is 0.00000392. The van der Waals surface area contributed by atoms with E-state index in [-0.39, 0.29) is 30.1 Å². The minimum Gasteiger partial charge on any atom is -0.450 e. The van der Waals surface area contributed by atoms with E-state index in [2.05, 4.69) is 34.4 Å². The molecule has 0 atom stereocenters. The van der Waals surface area contributed by atoms with Gasteiger partial charge in [-0.15, -0.1) is 24.0 Å². The van der Waals surface area contributed by atoms with Crippen LogP contribution in [0.1, 0.15) is 33.1 Å². The summed E-state index contributed by atoms with van der Waals surface area (Å²) in [4.78, 5) is 23.3. The average molecular weight is 510 g/mol. The SMILES string of the molecule is CCNC(=NCCN1CCCN(C)CC1)NC1CCN(C(=O)OCC)CC1.I. The molecule has 0 unspecified atom stereocenters. The number of rotatable bonds is 6. The fourth-order valence-electron chi connectivity index (χ4n) is 3.56. The van der Waals surface area contributed by atoms with Gasteiger partial charge in [-0.05, 0) is 53.2 Å². The Hall–Kier alpha value is -0.810. The van der Waals surface area contributed by atoms with Crippen molar-refractivity contribution < 1.29 is 9.53 Å². The molecule has 0 aromatic carbocycles. The Bertz CT molecular complexity index is 471. The van der Waals surface area contributed by atoms with Gasteiger partial charge in [0.15, 0.2) is 5.96 Å². The lowest BCUT2D eigenvalue weighted by Gasteiger charge is -2.32. The Labute approximate surface area is 187 Å². The number of aliphatic imine (C=N–C) groups is 1. The van der Waals surface area contributed by atoms with Gasteiger partial charge in [-0.2, -0.15) is 0 Å². The first kappa shape index (κ1) is 25.2. The number of ether oxygens (including phenoxy) is 1. The van der Waals surface area contributed by atoms with E-state index in [0.717, 1.165) is 71.2 Å². The van der Waals surface area contributed by atoms with E-state index in [1.54, 1.807) is 4.90 Å². The van der Waals surface area contributed by atoms with Crippen molar-refractivity contribution in [2.45, 2.75) is 39.2 Å². The lowest BCUT2D eigenvalue weighted by atomic mass is 10.1. The number of nitrogens with zero attached hydrogens (tertiary/aromatic N) is 4. The zero-order chi connectivity index (χ0) is 19.5. The van der Waals surface area contributed by atoms with Gasteiger partial charge < -0.3 is 30.1 Å². The quantitative estimate of drug-likeness (QED) is 0.320. The van der Waals surface area contributed by atoms with Crippen LogP contribution in [0.4, 0.5) is 4.79 Å². The summed E-state index contributed by atoms with van der Waals surface area (Å²) in [7, 11) is 2.20. The summed E-state index contributed by atoms with van der Waals surface area (Å²) in [5.41, 5.74) is 0. The molecule has 0 spiro atoms. The van der Waals surface area contributed by atoms with Gasteiger partial charge in [-0.3, -0.25) is 4.99 Å². The van der Waals surface area contributed by atoms with Crippen LogP contribution in [0.3, 0.4) is 0 Å². The molecule has 28 heavy (non-hydrogen) atoms. The van der Waals surface area contributed by atoms with Crippen LogP contribution in [0.2, 0.25) is 0 Å². The standard InChI is InChI=1S/C19H38N6O2.HI/c1-4-20-18(21-9-14-24-11-6-10-23(3)15-16-24)22-17-7-12-25(13-8-17)19(26)27-5-2;/h17H,4-16H2,1-3H3,(H2,20,21,22);1H. The van der Waals surface area contributed by atoms with Crippen molar-refractivity contribution in [3.8, 4) is 0 Å². The van der Waals surface area contributed by atoms with Gasteiger partial charge in [0.1, 0.15) is 0 Å². The number of hydrogen-bond donors (Lipinski definition) is 2. The minimum atomic E-state index is -0.195. The molecule has 0 saturated carbocycles. The van der Waals surface area contributed by atoms with E-state index < -0.39 is 0 Å². The van der Waals surface area contributed by atoms with E-state index >= 15 is 0 Å². The lowest BCUT2D eigenvalue weighted by molar-refractivity contribution is 0.0963. The van der Waals surface area contributed by atoms with Crippen molar-refractivity contribution in [3.05, 3.63) is 0 Å². The lowest BCUT2D eigenvalue weighted by Crippen LogP contribution is -2.50. The maximum absolute atomic E-state index is 11.8. The largest absolute Gasteiger partial charge is 0.450 e. The van der Waals surface area contributed by atoms with Crippen molar-refractivity contribution in [2.75, 3.05) is 72.6 Å². The van der Waals surface area contributed by atoms with Crippen LogP contribution in [-0.2, 0) is 4.74 Å². The number of nitrogens with one attached hydrogen (secondary N) is 2. The molecule has 0 aliphatic carbocycles. The second kappa shape index (κ2) is 14.2. The number of likely N-dealkylation sites (N-methyl/N-ethyl adjacent to an activating group) is 1. The van der Waals surface area contributed by atoms with Gasteiger partial charge in [0, 0.05) is 45.3 Å². The van der Waals surface area contributed by atoms with Gasteiger partial charge in [0.25, 0.3) is 0 Å². The molecule has 164 valence electrons. The molecule has 2 saturated heterocycles. The Morgan fingerprint density at radius 1 is 1.11 bits per heavy atom. The highest BCUT2D eigenvalue weighted by molar-refractivity contribution is 14.0. The van der Waals surface area contributed by atoms with Crippen LogP contribution in [0.5, 0.6) is 0 Å². The predicted molar refractivity (Wildman–Crippen MR) is 125 cm³/mol. The number of amides is 1. The maximum Gasteiger partial charge on any atom is 0.409 e. The number of guanidine groups is 1. The van der Waals surface area contributed by atoms with Crippen molar-refractivity contribution in [2.24, 2.45) is 4.99 Å². The van der Waals surface area contributed by atoms with E-state index in [0.29, 0.717) is 12.6 Å². The van der Waals surface area contributed by atoms with Gasteiger partial charge >= 0.3 is 6.09 Å². The smallest absolute Gasteiger partial charge is 0.409 e. The third kappa shape index (κ3) is 9.13. The van der Waals surface area contributed by atoms with Gasteiger partial charge in [0.2, 0.25) is 0 Å². The molecule has 2 aliphatic rings. The number of carbonyl (C=O) groups is 1. The average Bonchev–Trinajstić information content (AvgIpc) is 2.87. The first-order chi connectivity index (χ1) is 13.1. The number of halogens is 1. The van der Waals surface area contributed by atoms with Crippen LogP contribution >= 0.6 is 24.0 Å². The first-order valence-corrected chi connectivity index (χ1v) is 10.5. The fraction of sp³-hybridized carbons (Fsp3) is 0.895. The Kier molecular flexibility index (Phi) is 12.8. The summed E-state index contributed by atoms with van der Waals surface area (Å²) in [6.07, 6.45) is 2.88. The summed E-state index contributed by atoms with van der Waals surface area (Å²) in [6.45, 7) is 13.1. The molecular formula is C19H39IN6O2. The molecular weight excluding hydrogens is 471 g/mol. The number of piperidine rings is 1. The van der Waals surface area contributed by atoms with E-state index in [9.17, 15) is 4.79 Å². The second-order valence-corrected chi connectivity index (χ2v) is 7.36. The second-order valence-electron chi connectivity index (χ2n) is 7.36. The number of likely N-dealkylation sites (tertiary alicyclic amines) is 1. The van der Waals surface area contributed by atoms with Crippen molar-refractivity contribution in [1.29, 1.82) is 0 Å². The van der Waals surface area contributed by atoms with Crippen LogP contribution in [0.25, 0.3) is 0 Å². The molecule has 2 heterocycles. The monoisotopic (exact) mass is 510 g/mol. The minimum absolute atomic E-state index is 0. The van der Waals surface area contributed by atoms with Gasteiger partial charge in [0.05, 0.1) is 13.2 Å². The van der Waals surface area contributed by atoms with Crippen molar-refractivity contribution in [3.63, 3.8) is 0 Å². The summed E-state index contributed by atoms with van der Waals surface area (Å²) in [5.74, 6) is 0.888. The third-order valence-electron chi connectivity index (χ3n) is 5.20. The number of carbonyl (C=O) groups excluding carboxylic acids is 1. The highest BCUT2D eigenvalue weighted by Crippen LogP contribution is 2.11. The van der Waals surface area contributed by atoms with Crippen LogP contribution < -0.4 is 10.6 Å². The molecule has 2 N–H and O–H groups in total. The maximum atomic E-state index is 11.8. The molecule has 0 aromatic heterocycles. The molecule has 2 rings (SSSR count). The van der Waals surface area contributed by atoms with Gasteiger partial charge in [-0.25, -0.2) is 4.79 Å². The molecule has 0 radical (unpaired) electrons. The Morgan fingerprint density at radius 3 is 2.54 bits per heavy atom. The molecule has 0 bridgehead atoms. The highest BCUT2D eigenvalue weighted by Gasteiger charge is 2.24. The zero-order valence-corrected chi connectivity index (χ0v) is 20.1. The summed E-state index contributed by atoms with van der Waals surface area (Å²) < 4.78 is 5.09. The van der Waals surface area contributed by atoms with Crippen LogP contribution in [0.15, 0.2) is 4.99 Å². The summed E-state index contributed by atoms with van der Waals surface area (Å²) >= 11 is 0.